The number of hydrogen-bond acceptors (Lipinski definition) is 4. The Bertz CT molecular complexity index is 497. The molecule has 96 valence electrons. The molecular weight excluding hydrogens is 252 g/mol. The summed E-state index contributed by atoms with van der Waals surface area (Å²) in [5.74, 6) is 0. The Kier molecular flexibility index (Phi) is 4.30. The normalized spacial score (nSPS) is 11.1. The van der Waals surface area contributed by atoms with Gasteiger partial charge in [0.15, 0.2) is 0 Å². The summed E-state index contributed by atoms with van der Waals surface area (Å²) in [6, 6.07) is 7.41. The quantitative estimate of drug-likeness (QED) is 0.888. The summed E-state index contributed by atoms with van der Waals surface area (Å²) in [5, 5.41) is 17.7. The topological polar surface area (TPSA) is 54.2 Å². The number of nitrogens with zero attached hydrogens (tertiary/aromatic N) is 4. The van der Waals surface area contributed by atoms with E-state index < -0.39 is 0 Å². The molecule has 5 nitrogen and oxygen atoms in total. The van der Waals surface area contributed by atoms with Crippen LogP contribution in [0.15, 0.2) is 30.5 Å². The minimum atomic E-state index is 0.141. The molecule has 0 atom stereocenters. The number of likely N-dealkylation sites (N-methyl/N-ethyl adjacent to an activating group) is 1. The predicted octanol–water partition coefficient (Wildman–Crippen LogP) is 1.34. The average Bonchev–Trinajstić information content (AvgIpc) is 2.78. The summed E-state index contributed by atoms with van der Waals surface area (Å²) in [6.07, 6.45) is 1.87. The molecule has 0 unspecified atom stereocenters. The van der Waals surface area contributed by atoms with Crippen molar-refractivity contribution in [3.8, 4) is 5.69 Å². The molecule has 0 saturated carbocycles. The van der Waals surface area contributed by atoms with Gasteiger partial charge in [-0.1, -0.05) is 16.8 Å². The molecule has 0 aliphatic rings. The van der Waals surface area contributed by atoms with Crippen LogP contribution in [0.3, 0.4) is 0 Å². The van der Waals surface area contributed by atoms with Crippen molar-refractivity contribution in [2.24, 2.45) is 0 Å². The lowest BCUT2D eigenvalue weighted by atomic mass is 10.3. The van der Waals surface area contributed by atoms with Crippen molar-refractivity contribution in [3.63, 3.8) is 0 Å². The third kappa shape index (κ3) is 3.29. The van der Waals surface area contributed by atoms with E-state index in [0.717, 1.165) is 11.4 Å². The van der Waals surface area contributed by atoms with E-state index in [1.807, 2.05) is 42.4 Å². The molecule has 0 aliphatic carbocycles. The highest BCUT2D eigenvalue weighted by Crippen LogP contribution is 2.12. The Hall–Kier alpha value is -1.43. The lowest BCUT2D eigenvalue weighted by Crippen LogP contribution is -2.21. The molecule has 1 heterocycles. The molecule has 1 aromatic heterocycles. The van der Waals surface area contributed by atoms with E-state index in [4.69, 9.17) is 16.7 Å². The van der Waals surface area contributed by atoms with Gasteiger partial charge in [0.2, 0.25) is 0 Å². The van der Waals surface area contributed by atoms with E-state index in [1.54, 1.807) is 4.68 Å². The third-order valence-corrected chi connectivity index (χ3v) is 2.80. The molecule has 6 heteroatoms. The van der Waals surface area contributed by atoms with Gasteiger partial charge in [0, 0.05) is 18.1 Å². The first-order chi connectivity index (χ1) is 8.69. The Morgan fingerprint density at radius 2 is 2.06 bits per heavy atom. The smallest absolute Gasteiger partial charge is 0.0971 e. The summed E-state index contributed by atoms with van der Waals surface area (Å²) in [7, 11) is 1.93. The second-order valence-electron chi connectivity index (χ2n) is 4.09. The number of aliphatic hydroxyl groups is 1. The SMILES string of the molecule is CN(CCO)Cc1cn(-c2ccc(Cl)cc2)nn1. The summed E-state index contributed by atoms with van der Waals surface area (Å²) in [6.45, 7) is 1.42. The summed E-state index contributed by atoms with van der Waals surface area (Å²) in [5.41, 5.74) is 1.78. The van der Waals surface area contributed by atoms with Crippen LogP contribution < -0.4 is 0 Å². The van der Waals surface area contributed by atoms with Crippen LogP contribution in [0.5, 0.6) is 0 Å². The number of hydrogen-bond donors (Lipinski definition) is 1. The summed E-state index contributed by atoms with van der Waals surface area (Å²) >= 11 is 5.83. The highest BCUT2D eigenvalue weighted by Gasteiger charge is 2.05. The second kappa shape index (κ2) is 5.95. The van der Waals surface area contributed by atoms with Gasteiger partial charge in [0.25, 0.3) is 0 Å². The number of halogens is 1. The van der Waals surface area contributed by atoms with Crippen LogP contribution >= 0.6 is 11.6 Å². The van der Waals surface area contributed by atoms with Crippen LogP contribution in [-0.2, 0) is 6.54 Å². The zero-order valence-corrected chi connectivity index (χ0v) is 10.9. The molecule has 0 spiro atoms. The van der Waals surface area contributed by atoms with Gasteiger partial charge in [-0.15, -0.1) is 5.10 Å². The third-order valence-electron chi connectivity index (χ3n) is 2.55. The maximum atomic E-state index is 8.83. The van der Waals surface area contributed by atoms with Crippen molar-refractivity contribution in [3.05, 3.63) is 41.2 Å². The molecule has 1 aromatic carbocycles. The van der Waals surface area contributed by atoms with Gasteiger partial charge in [-0.3, -0.25) is 4.90 Å². The molecule has 18 heavy (non-hydrogen) atoms. The molecule has 0 bridgehead atoms. The lowest BCUT2D eigenvalue weighted by molar-refractivity contribution is 0.216. The van der Waals surface area contributed by atoms with Gasteiger partial charge in [-0.05, 0) is 31.3 Å². The molecule has 0 radical (unpaired) electrons. The molecule has 0 saturated heterocycles. The largest absolute Gasteiger partial charge is 0.395 e. The zero-order valence-electron chi connectivity index (χ0n) is 10.1. The monoisotopic (exact) mass is 266 g/mol. The Balaban J connectivity index is 2.08. The van der Waals surface area contributed by atoms with Crippen LogP contribution in [0.1, 0.15) is 5.69 Å². The number of aliphatic hydroxyl groups excluding tert-OH is 1. The Labute approximate surface area is 111 Å². The highest BCUT2D eigenvalue weighted by atomic mass is 35.5. The molecule has 0 aliphatic heterocycles. The maximum Gasteiger partial charge on any atom is 0.0971 e. The van der Waals surface area contributed by atoms with Crippen LogP contribution in [-0.4, -0.2) is 45.2 Å². The Morgan fingerprint density at radius 3 is 2.72 bits per heavy atom. The minimum Gasteiger partial charge on any atom is -0.395 e. The van der Waals surface area contributed by atoms with Gasteiger partial charge >= 0.3 is 0 Å². The standard InChI is InChI=1S/C12H15ClN4O/c1-16(6-7-18)8-11-9-17(15-14-11)12-4-2-10(13)3-5-12/h2-5,9,18H,6-8H2,1H3. The van der Waals surface area contributed by atoms with E-state index >= 15 is 0 Å². The molecule has 2 aromatic rings. The molecule has 0 amide bonds. The van der Waals surface area contributed by atoms with E-state index in [2.05, 4.69) is 10.3 Å². The van der Waals surface area contributed by atoms with E-state index in [9.17, 15) is 0 Å². The van der Waals surface area contributed by atoms with Crippen LogP contribution in [0.2, 0.25) is 5.02 Å². The maximum absolute atomic E-state index is 8.83. The fourth-order valence-corrected chi connectivity index (χ4v) is 1.74. The lowest BCUT2D eigenvalue weighted by Gasteiger charge is -2.11. The van der Waals surface area contributed by atoms with Crippen LogP contribution in [0.4, 0.5) is 0 Å². The molecule has 2 rings (SSSR count). The van der Waals surface area contributed by atoms with E-state index in [1.165, 1.54) is 0 Å². The van der Waals surface area contributed by atoms with Gasteiger partial charge in [0.1, 0.15) is 0 Å². The first-order valence-corrected chi connectivity index (χ1v) is 6.03. The van der Waals surface area contributed by atoms with Crippen molar-refractivity contribution in [1.29, 1.82) is 0 Å². The van der Waals surface area contributed by atoms with Crippen molar-refractivity contribution in [1.82, 2.24) is 19.9 Å². The Morgan fingerprint density at radius 1 is 1.33 bits per heavy atom. The number of aromatic nitrogens is 3. The van der Waals surface area contributed by atoms with Gasteiger partial charge in [-0.25, -0.2) is 4.68 Å². The zero-order chi connectivity index (χ0) is 13.0. The molecule has 1 N–H and O–H groups in total. The van der Waals surface area contributed by atoms with Crippen molar-refractivity contribution in [2.45, 2.75) is 6.54 Å². The highest BCUT2D eigenvalue weighted by molar-refractivity contribution is 6.30. The minimum absolute atomic E-state index is 0.141. The summed E-state index contributed by atoms with van der Waals surface area (Å²) < 4.78 is 1.71. The first-order valence-electron chi connectivity index (χ1n) is 5.65. The summed E-state index contributed by atoms with van der Waals surface area (Å²) in [4.78, 5) is 1.98. The number of benzene rings is 1. The van der Waals surface area contributed by atoms with Crippen LogP contribution in [0.25, 0.3) is 5.69 Å². The molecular formula is C12H15ClN4O. The molecule has 0 fully saturated rings. The second-order valence-corrected chi connectivity index (χ2v) is 4.53. The average molecular weight is 267 g/mol. The fraction of sp³-hybridized carbons (Fsp3) is 0.333. The predicted molar refractivity (Wildman–Crippen MR) is 69.8 cm³/mol. The van der Waals surface area contributed by atoms with Gasteiger partial charge in [0.05, 0.1) is 24.2 Å². The van der Waals surface area contributed by atoms with Crippen molar-refractivity contribution >= 4 is 11.6 Å². The van der Waals surface area contributed by atoms with E-state index in [-0.39, 0.29) is 6.61 Å². The van der Waals surface area contributed by atoms with Crippen molar-refractivity contribution < 1.29 is 5.11 Å². The number of rotatable bonds is 5. The van der Waals surface area contributed by atoms with Crippen molar-refractivity contribution in [2.75, 3.05) is 20.2 Å². The van der Waals surface area contributed by atoms with E-state index in [0.29, 0.717) is 18.1 Å². The van der Waals surface area contributed by atoms with Crippen LogP contribution in [0, 0.1) is 0 Å². The first kappa shape index (κ1) is 13.0. The van der Waals surface area contributed by atoms with Gasteiger partial charge in [-0.2, -0.15) is 0 Å². The van der Waals surface area contributed by atoms with Gasteiger partial charge < -0.3 is 5.11 Å². The fourth-order valence-electron chi connectivity index (χ4n) is 1.62.